The van der Waals surface area contributed by atoms with Crippen LogP contribution in [-0.2, 0) is 4.74 Å². The minimum Gasteiger partial charge on any atom is -0.381 e. The number of nitrogens with zero attached hydrogens (tertiary/aromatic N) is 2. The fourth-order valence-corrected chi connectivity index (χ4v) is 1.76. The van der Waals surface area contributed by atoms with Gasteiger partial charge in [0.15, 0.2) is 0 Å². The number of halogens is 1. The van der Waals surface area contributed by atoms with Crippen molar-refractivity contribution in [1.29, 1.82) is 0 Å². The molecule has 0 saturated carbocycles. The van der Waals surface area contributed by atoms with Gasteiger partial charge in [-0.1, -0.05) is 0 Å². The molecule has 1 unspecified atom stereocenters. The third-order valence-electron chi connectivity index (χ3n) is 1.97. The largest absolute Gasteiger partial charge is 0.381 e. The molecule has 1 atom stereocenters. The summed E-state index contributed by atoms with van der Waals surface area (Å²) in [6.07, 6.45) is 4.68. The second-order valence-electron chi connectivity index (χ2n) is 2.83. The van der Waals surface area contributed by atoms with Crippen LogP contribution in [0.4, 0.5) is 0 Å². The van der Waals surface area contributed by atoms with Gasteiger partial charge < -0.3 is 4.74 Å². The minimum atomic E-state index is 0.465. The molecule has 0 aromatic carbocycles. The molecule has 1 aromatic heterocycles. The average molecular weight is 276 g/mol. The van der Waals surface area contributed by atoms with Gasteiger partial charge in [0.25, 0.3) is 0 Å². The van der Waals surface area contributed by atoms with Crippen molar-refractivity contribution in [2.45, 2.75) is 12.3 Å². The fraction of sp³-hybridized carbons (Fsp3) is 0.500. The molecule has 0 bridgehead atoms. The Labute approximate surface area is 84.7 Å². The maximum Gasteiger partial charge on any atom is 0.119 e. The molecule has 3 nitrogen and oxygen atoms in total. The summed E-state index contributed by atoms with van der Waals surface area (Å²) in [5.74, 6) is 0.465. The Kier molecular flexibility index (Phi) is 2.55. The van der Waals surface area contributed by atoms with Gasteiger partial charge in [0.1, 0.15) is 3.70 Å². The molecule has 4 heteroatoms. The van der Waals surface area contributed by atoms with E-state index in [-0.39, 0.29) is 0 Å². The molecule has 1 aliphatic heterocycles. The maximum absolute atomic E-state index is 5.28. The lowest BCUT2D eigenvalue weighted by molar-refractivity contribution is 0.193. The molecule has 1 aliphatic rings. The molecule has 0 radical (unpaired) electrons. The van der Waals surface area contributed by atoms with Crippen LogP contribution in [0.1, 0.15) is 18.0 Å². The standard InChI is InChI=1S/C8H9IN2O/c9-8-4-10-3-7(11-8)6-1-2-12-5-6/h3-4,6H,1-2,5H2. The predicted octanol–water partition coefficient (Wildman–Crippen LogP) is 1.59. The van der Waals surface area contributed by atoms with Crippen LogP contribution < -0.4 is 0 Å². The highest BCUT2D eigenvalue weighted by atomic mass is 127. The van der Waals surface area contributed by atoms with E-state index in [4.69, 9.17) is 4.74 Å². The van der Waals surface area contributed by atoms with Crippen molar-refractivity contribution in [2.75, 3.05) is 13.2 Å². The van der Waals surface area contributed by atoms with Crippen molar-refractivity contribution >= 4 is 22.6 Å². The van der Waals surface area contributed by atoms with Crippen molar-refractivity contribution in [3.8, 4) is 0 Å². The Morgan fingerprint density at radius 3 is 3.08 bits per heavy atom. The van der Waals surface area contributed by atoms with Crippen molar-refractivity contribution in [3.63, 3.8) is 0 Å². The molecule has 1 saturated heterocycles. The summed E-state index contributed by atoms with van der Waals surface area (Å²) in [7, 11) is 0. The van der Waals surface area contributed by atoms with Gasteiger partial charge >= 0.3 is 0 Å². The van der Waals surface area contributed by atoms with Gasteiger partial charge in [-0.15, -0.1) is 0 Å². The zero-order chi connectivity index (χ0) is 8.39. The van der Waals surface area contributed by atoms with E-state index in [1.54, 1.807) is 6.20 Å². The third-order valence-corrected chi connectivity index (χ3v) is 2.49. The van der Waals surface area contributed by atoms with Crippen LogP contribution in [0.3, 0.4) is 0 Å². The summed E-state index contributed by atoms with van der Waals surface area (Å²) in [6.45, 7) is 1.66. The van der Waals surface area contributed by atoms with E-state index < -0.39 is 0 Å². The second-order valence-corrected chi connectivity index (χ2v) is 3.93. The lowest BCUT2D eigenvalue weighted by Crippen LogP contribution is -2.02. The van der Waals surface area contributed by atoms with Gasteiger partial charge in [-0.3, -0.25) is 4.98 Å². The molecule has 1 fully saturated rings. The van der Waals surface area contributed by atoms with E-state index in [1.165, 1.54) is 0 Å². The Morgan fingerprint density at radius 1 is 1.50 bits per heavy atom. The summed E-state index contributed by atoms with van der Waals surface area (Å²) in [5.41, 5.74) is 1.07. The zero-order valence-electron chi connectivity index (χ0n) is 6.53. The molecular weight excluding hydrogens is 267 g/mol. The van der Waals surface area contributed by atoms with Crippen LogP contribution in [0.15, 0.2) is 12.4 Å². The Hall–Kier alpha value is -0.230. The van der Waals surface area contributed by atoms with Crippen molar-refractivity contribution in [2.24, 2.45) is 0 Å². The average Bonchev–Trinajstić information content (AvgIpc) is 2.56. The molecule has 0 amide bonds. The van der Waals surface area contributed by atoms with E-state index in [9.17, 15) is 0 Å². The third kappa shape index (κ3) is 1.74. The van der Waals surface area contributed by atoms with Crippen LogP contribution in [0.25, 0.3) is 0 Å². The molecule has 0 N–H and O–H groups in total. The number of hydrogen-bond acceptors (Lipinski definition) is 3. The number of aromatic nitrogens is 2. The summed E-state index contributed by atoms with van der Waals surface area (Å²) < 4.78 is 6.24. The molecule has 2 rings (SSSR count). The van der Waals surface area contributed by atoms with E-state index in [0.717, 1.165) is 29.0 Å². The maximum atomic E-state index is 5.28. The lowest BCUT2D eigenvalue weighted by Gasteiger charge is -2.05. The van der Waals surface area contributed by atoms with Gasteiger partial charge in [-0.2, -0.15) is 0 Å². The quantitative estimate of drug-likeness (QED) is 0.730. The topological polar surface area (TPSA) is 35.0 Å². The van der Waals surface area contributed by atoms with Crippen LogP contribution in [-0.4, -0.2) is 23.2 Å². The summed E-state index contributed by atoms with van der Waals surface area (Å²) in [4.78, 5) is 8.50. The highest BCUT2D eigenvalue weighted by Gasteiger charge is 2.19. The zero-order valence-corrected chi connectivity index (χ0v) is 8.69. The molecule has 64 valence electrons. The molecule has 1 aromatic rings. The first kappa shape index (κ1) is 8.37. The van der Waals surface area contributed by atoms with Crippen molar-refractivity contribution in [1.82, 2.24) is 9.97 Å². The summed E-state index contributed by atoms with van der Waals surface area (Å²) in [6, 6.07) is 0. The van der Waals surface area contributed by atoms with Gasteiger partial charge in [0.2, 0.25) is 0 Å². The predicted molar refractivity (Wildman–Crippen MR) is 52.9 cm³/mol. The van der Waals surface area contributed by atoms with E-state index in [2.05, 4.69) is 32.6 Å². The van der Waals surface area contributed by atoms with Crippen molar-refractivity contribution < 1.29 is 4.74 Å². The van der Waals surface area contributed by atoms with Crippen LogP contribution in [0.2, 0.25) is 0 Å². The van der Waals surface area contributed by atoms with E-state index in [1.807, 2.05) is 6.20 Å². The first-order valence-electron chi connectivity index (χ1n) is 3.91. The molecule has 12 heavy (non-hydrogen) atoms. The van der Waals surface area contributed by atoms with E-state index in [0.29, 0.717) is 5.92 Å². The first-order valence-corrected chi connectivity index (χ1v) is 4.99. The number of ether oxygens (including phenoxy) is 1. The summed E-state index contributed by atoms with van der Waals surface area (Å²) in [5, 5.41) is 0. The highest BCUT2D eigenvalue weighted by molar-refractivity contribution is 14.1. The van der Waals surface area contributed by atoms with Crippen LogP contribution >= 0.6 is 22.6 Å². The molecule has 2 heterocycles. The molecule has 0 aliphatic carbocycles. The van der Waals surface area contributed by atoms with Crippen LogP contribution in [0.5, 0.6) is 0 Å². The molecule has 0 spiro atoms. The monoisotopic (exact) mass is 276 g/mol. The van der Waals surface area contributed by atoms with Crippen LogP contribution in [0, 0.1) is 3.70 Å². The Balaban J connectivity index is 2.21. The van der Waals surface area contributed by atoms with E-state index >= 15 is 0 Å². The normalized spacial score (nSPS) is 22.9. The second kappa shape index (κ2) is 3.66. The van der Waals surface area contributed by atoms with Gasteiger partial charge in [-0.25, -0.2) is 4.98 Å². The fourth-order valence-electron chi connectivity index (χ4n) is 1.32. The minimum absolute atomic E-state index is 0.465. The van der Waals surface area contributed by atoms with Gasteiger partial charge in [-0.05, 0) is 29.0 Å². The Morgan fingerprint density at radius 2 is 2.42 bits per heavy atom. The first-order chi connectivity index (χ1) is 5.86. The number of rotatable bonds is 1. The smallest absolute Gasteiger partial charge is 0.119 e. The lowest BCUT2D eigenvalue weighted by atomic mass is 10.1. The summed E-state index contributed by atoms with van der Waals surface area (Å²) >= 11 is 2.18. The number of hydrogen-bond donors (Lipinski definition) is 0. The highest BCUT2D eigenvalue weighted by Crippen LogP contribution is 2.22. The SMILES string of the molecule is Ic1cncc(C2CCOC2)n1. The molecular formula is C8H9IN2O. The Bertz CT molecular complexity index is 274. The van der Waals surface area contributed by atoms with Gasteiger partial charge in [0, 0.05) is 18.7 Å². The van der Waals surface area contributed by atoms with Crippen molar-refractivity contribution in [3.05, 3.63) is 21.8 Å². The van der Waals surface area contributed by atoms with Gasteiger partial charge in [0.05, 0.1) is 18.5 Å².